The van der Waals surface area contributed by atoms with Gasteiger partial charge in [-0.3, -0.25) is 0 Å². The van der Waals surface area contributed by atoms with Crippen LogP contribution in [0.4, 0.5) is 18.9 Å². The quantitative estimate of drug-likeness (QED) is 0.768. The molecule has 1 aliphatic rings. The van der Waals surface area contributed by atoms with Gasteiger partial charge >= 0.3 is 0 Å². The molecule has 2 unspecified atom stereocenters. The van der Waals surface area contributed by atoms with Crippen LogP contribution in [-0.2, 0) is 0 Å². The Bertz CT molecular complexity index is 399. The molecule has 0 bridgehead atoms. The average molecular weight is 244 g/mol. The van der Waals surface area contributed by atoms with Gasteiger partial charge in [-0.25, -0.2) is 13.2 Å². The second kappa shape index (κ2) is 4.56. The summed E-state index contributed by atoms with van der Waals surface area (Å²) in [7, 11) is 0. The summed E-state index contributed by atoms with van der Waals surface area (Å²) in [5, 5.41) is 0. The van der Waals surface area contributed by atoms with Crippen LogP contribution in [0.25, 0.3) is 0 Å². The van der Waals surface area contributed by atoms with Crippen molar-refractivity contribution in [1.29, 1.82) is 0 Å². The molecule has 0 amide bonds. The summed E-state index contributed by atoms with van der Waals surface area (Å²) in [5.74, 6) is -3.47. The minimum atomic E-state index is -1.42. The van der Waals surface area contributed by atoms with Gasteiger partial charge in [-0.1, -0.05) is 6.92 Å². The number of nitrogens with two attached hydrogens (primary N) is 1. The molecule has 2 N–H and O–H groups in total. The van der Waals surface area contributed by atoms with E-state index in [-0.39, 0.29) is 12.0 Å². The number of benzene rings is 1. The summed E-state index contributed by atoms with van der Waals surface area (Å²) in [6.45, 7) is 3.26. The number of rotatable bonds is 1. The van der Waals surface area contributed by atoms with E-state index in [1.54, 1.807) is 0 Å². The van der Waals surface area contributed by atoms with E-state index in [1.165, 1.54) is 0 Å². The molecule has 5 heteroatoms. The zero-order valence-corrected chi connectivity index (χ0v) is 9.59. The molecule has 1 aromatic rings. The Morgan fingerprint density at radius 3 is 2.35 bits per heavy atom. The van der Waals surface area contributed by atoms with Crippen LogP contribution in [-0.4, -0.2) is 19.1 Å². The molecule has 0 aliphatic carbocycles. The van der Waals surface area contributed by atoms with Crippen LogP contribution in [0.2, 0.25) is 0 Å². The normalized spacial score (nSPS) is 25.1. The fourth-order valence-electron chi connectivity index (χ4n) is 2.12. The third-order valence-corrected chi connectivity index (χ3v) is 3.31. The van der Waals surface area contributed by atoms with Gasteiger partial charge in [0.1, 0.15) is 0 Å². The molecule has 0 radical (unpaired) electrons. The largest absolute Gasteiger partial charge is 0.371 e. The summed E-state index contributed by atoms with van der Waals surface area (Å²) in [6, 6.07) is 2.17. The molecular formula is C12H15F3N2. The lowest BCUT2D eigenvalue weighted by Crippen LogP contribution is -2.46. The van der Waals surface area contributed by atoms with Crippen molar-refractivity contribution in [2.24, 2.45) is 11.7 Å². The Kier molecular flexibility index (Phi) is 3.28. The van der Waals surface area contributed by atoms with Gasteiger partial charge in [0, 0.05) is 37.0 Å². The molecule has 0 spiro atoms. The molecule has 94 valence electrons. The SMILES string of the molecule is CC1CN(c2cc(F)c(F)c(F)c2)CCC1N. The standard InChI is InChI=1S/C12H15F3N2/c1-7-6-17(3-2-11(7)16)8-4-9(13)12(15)10(14)5-8/h4-5,7,11H,2-3,6,16H2,1H3. The van der Waals surface area contributed by atoms with Crippen LogP contribution >= 0.6 is 0 Å². The van der Waals surface area contributed by atoms with Crippen LogP contribution in [0, 0.1) is 23.4 Å². The average Bonchev–Trinajstić information content (AvgIpc) is 2.29. The van der Waals surface area contributed by atoms with E-state index in [9.17, 15) is 13.2 Å². The van der Waals surface area contributed by atoms with Crippen molar-refractivity contribution in [3.05, 3.63) is 29.6 Å². The molecule has 1 aromatic carbocycles. The zero-order valence-electron chi connectivity index (χ0n) is 9.59. The first-order chi connectivity index (χ1) is 7.99. The number of hydrogen-bond donors (Lipinski definition) is 1. The molecule has 0 saturated carbocycles. The fraction of sp³-hybridized carbons (Fsp3) is 0.500. The lowest BCUT2D eigenvalue weighted by Gasteiger charge is -2.36. The first kappa shape index (κ1) is 12.2. The number of anilines is 1. The van der Waals surface area contributed by atoms with Crippen molar-refractivity contribution < 1.29 is 13.2 Å². The predicted molar refractivity (Wildman–Crippen MR) is 60.3 cm³/mol. The maximum absolute atomic E-state index is 13.1. The van der Waals surface area contributed by atoms with Gasteiger partial charge in [-0.15, -0.1) is 0 Å². The maximum atomic E-state index is 13.1. The minimum Gasteiger partial charge on any atom is -0.371 e. The molecule has 1 heterocycles. The third-order valence-electron chi connectivity index (χ3n) is 3.31. The number of piperidine rings is 1. The van der Waals surface area contributed by atoms with Gasteiger partial charge in [0.2, 0.25) is 0 Å². The molecule has 17 heavy (non-hydrogen) atoms. The molecule has 0 aromatic heterocycles. The topological polar surface area (TPSA) is 29.3 Å². The lowest BCUT2D eigenvalue weighted by molar-refractivity contribution is 0.381. The second-order valence-electron chi connectivity index (χ2n) is 4.60. The first-order valence-electron chi connectivity index (χ1n) is 5.64. The lowest BCUT2D eigenvalue weighted by atomic mass is 9.94. The first-order valence-corrected chi connectivity index (χ1v) is 5.64. The Morgan fingerprint density at radius 1 is 1.24 bits per heavy atom. The van der Waals surface area contributed by atoms with Gasteiger partial charge in [0.25, 0.3) is 0 Å². The Labute approximate surface area is 98.2 Å². The molecule has 1 fully saturated rings. The Hall–Kier alpha value is -1.23. The summed E-state index contributed by atoms with van der Waals surface area (Å²) in [6.07, 6.45) is 0.766. The van der Waals surface area contributed by atoms with Crippen LogP contribution in [0.1, 0.15) is 13.3 Å². The number of halogens is 3. The fourth-order valence-corrected chi connectivity index (χ4v) is 2.12. The molecule has 2 atom stereocenters. The van der Waals surface area contributed by atoms with Crippen molar-refractivity contribution in [2.45, 2.75) is 19.4 Å². The Balaban J connectivity index is 2.23. The van der Waals surface area contributed by atoms with Gasteiger partial charge in [0.15, 0.2) is 17.5 Å². The van der Waals surface area contributed by atoms with E-state index in [2.05, 4.69) is 0 Å². The molecule has 2 rings (SSSR count). The highest BCUT2D eigenvalue weighted by Gasteiger charge is 2.24. The molecule has 1 saturated heterocycles. The summed E-state index contributed by atoms with van der Waals surface area (Å²) < 4.78 is 39.0. The highest BCUT2D eigenvalue weighted by atomic mass is 19.2. The zero-order chi connectivity index (χ0) is 12.6. The van der Waals surface area contributed by atoms with Crippen molar-refractivity contribution in [3.63, 3.8) is 0 Å². The van der Waals surface area contributed by atoms with Crippen molar-refractivity contribution in [3.8, 4) is 0 Å². The molecular weight excluding hydrogens is 229 g/mol. The van der Waals surface area contributed by atoms with Crippen LogP contribution in [0.3, 0.4) is 0 Å². The second-order valence-corrected chi connectivity index (χ2v) is 4.60. The van der Waals surface area contributed by atoms with Gasteiger partial charge in [-0.2, -0.15) is 0 Å². The van der Waals surface area contributed by atoms with E-state index in [0.717, 1.165) is 18.6 Å². The van der Waals surface area contributed by atoms with Crippen molar-refractivity contribution in [2.75, 3.05) is 18.0 Å². The number of nitrogens with zero attached hydrogens (tertiary/aromatic N) is 1. The maximum Gasteiger partial charge on any atom is 0.194 e. The highest BCUT2D eigenvalue weighted by Crippen LogP contribution is 2.25. The monoisotopic (exact) mass is 244 g/mol. The number of hydrogen-bond acceptors (Lipinski definition) is 2. The van der Waals surface area contributed by atoms with E-state index in [0.29, 0.717) is 18.8 Å². The smallest absolute Gasteiger partial charge is 0.194 e. The summed E-state index contributed by atoms with van der Waals surface area (Å²) in [4.78, 5) is 1.83. The van der Waals surface area contributed by atoms with Crippen LogP contribution in [0.15, 0.2) is 12.1 Å². The summed E-state index contributed by atoms with van der Waals surface area (Å²) >= 11 is 0. The van der Waals surface area contributed by atoms with Gasteiger partial charge in [0.05, 0.1) is 0 Å². The summed E-state index contributed by atoms with van der Waals surface area (Å²) in [5.41, 5.74) is 6.24. The van der Waals surface area contributed by atoms with Gasteiger partial charge in [-0.05, 0) is 12.3 Å². The predicted octanol–water partition coefficient (Wildman–Crippen LogP) is 2.28. The molecule has 1 aliphatic heterocycles. The van der Waals surface area contributed by atoms with Crippen LogP contribution in [0.5, 0.6) is 0 Å². The molecule has 2 nitrogen and oxygen atoms in total. The highest BCUT2D eigenvalue weighted by molar-refractivity contribution is 5.47. The Morgan fingerprint density at radius 2 is 1.82 bits per heavy atom. The van der Waals surface area contributed by atoms with Crippen LogP contribution < -0.4 is 10.6 Å². The van der Waals surface area contributed by atoms with E-state index in [4.69, 9.17) is 5.73 Å². The minimum absolute atomic E-state index is 0.112. The van der Waals surface area contributed by atoms with E-state index < -0.39 is 17.5 Å². The van der Waals surface area contributed by atoms with Crippen molar-refractivity contribution >= 4 is 5.69 Å². The third kappa shape index (κ3) is 2.39. The van der Waals surface area contributed by atoms with Crippen molar-refractivity contribution in [1.82, 2.24) is 0 Å². The van der Waals surface area contributed by atoms with Gasteiger partial charge < -0.3 is 10.6 Å². The van der Waals surface area contributed by atoms with E-state index in [1.807, 2.05) is 11.8 Å². The van der Waals surface area contributed by atoms with E-state index >= 15 is 0 Å².